The SMILES string of the molecule is CCCOC1(C(=O)C(C)C)CCCCC1. The molecule has 0 saturated heterocycles. The molecule has 0 aromatic heterocycles. The molecule has 1 fully saturated rings. The molecule has 0 spiro atoms. The number of ketones is 1. The van der Waals surface area contributed by atoms with Gasteiger partial charge < -0.3 is 4.74 Å². The van der Waals surface area contributed by atoms with Crippen LogP contribution in [0.3, 0.4) is 0 Å². The van der Waals surface area contributed by atoms with Gasteiger partial charge in [-0.3, -0.25) is 4.79 Å². The molecule has 88 valence electrons. The minimum atomic E-state index is -0.428. The van der Waals surface area contributed by atoms with Crippen LogP contribution >= 0.6 is 0 Å². The molecule has 1 aliphatic rings. The first-order chi connectivity index (χ1) is 7.12. The van der Waals surface area contributed by atoms with Crippen molar-refractivity contribution in [3.05, 3.63) is 0 Å². The van der Waals surface area contributed by atoms with Crippen LogP contribution in [0.4, 0.5) is 0 Å². The van der Waals surface area contributed by atoms with Crippen LogP contribution in [-0.2, 0) is 9.53 Å². The van der Waals surface area contributed by atoms with Gasteiger partial charge in [-0.15, -0.1) is 0 Å². The van der Waals surface area contributed by atoms with Crippen LogP contribution in [0.25, 0.3) is 0 Å². The van der Waals surface area contributed by atoms with Gasteiger partial charge in [-0.25, -0.2) is 0 Å². The Balaban J connectivity index is 2.70. The van der Waals surface area contributed by atoms with E-state index in [9.17, 15) is 4.79 Å². The van der Waals surface area contributed by atoms with Crippen molar-refractivity contribution in [2.75, 3.05) is 6.61 Å². The van der Waals surface area contributed by atoms with Gasteiger partial charge in [0.05, 0.1) is 0 Å². The predicted octanol–water partition coefficient (Wildman–Crippen LogP) is 3.34. The quantitative estimate of drug-likeness (QED) is 0.698. The number of ether oxygens (including phenoxy) is 1. The maximum atomic E-state index is 12.2. The zero-order valence-corrected chi connectivity index (χ0v) is 10.3. The van der Waals surface area contributed by atoms with E-state index in [0.717, 1.165) is 38.7 Å². The summed E-state index contributed by atoms with van der Waals surface area (Å²) in [6.45, 7) is 6.77. The molecule has 0 radical (unpaired) electrons. The van der Waals surface area contributed by atoms with Gasteiger partial charge in [-0.05, 0) is 19.3 Å². The van der Waals surface area contributed by atoms with Gasteiger partial charge in [0.1, 0.15) is 5.60 Å². The van der Waals surface area contributed by atoms with Crippen molar-refractivity contribution in [2.45, 2.75) is 64.9 Å². The second-order valence-corrected chi connectivity index (χ2v) is 4.92. The van der Waals surface area contributed by atoms with Crippen LogP contribution in [0.2, 0.25) is 0 Å². The molecule has 0 unspecified atom stereocenters. The Bertz CT molecular complexity index is 203. The third-order valence-corrected chi connectivity index (χ3v) is 3.22. The average molecular weight is 212 g/mol. The second kappa shape index (κ2) is 5.64. The molecule has 15 heavy (non-hydrogen) atoms. The van der Waals surface area contributed by atoms with Crippen molar-refractivity contribution < 1.29 is 9.53 Å². The van der Waals surface area contributed by atoms with E-state index in [4.69, 9.17) is 4.74 Å². The summed E-state index contributed by atoms with van der Waals surface area (Å²) < 4.78 is 5.89. The highest BCUT2D eigenvalue weighted by Gasteiger charge is 2.40. The van der Waals surface area contributed by atoms with Gasteiger partial charge in [0.15, 0.2) is 5.78 Å². The Morgan fingerprint density at radius 1 is 1.27 bits per heavy atom. The molecule has 1 saturated carbocycles. The minimum absolute atomic E-state index is 0.0972. The highest BCUT2D eigenvalue weighted by molar-refractivity contribution is 5.89. The summed E-state index contributed by atoms with van der Waals surface area (Å²) in [5.74, 6) is 0.413. The Hall–Kier alpha value is -0.370. The first-order valence-electron chi connectivity index (χ1n) is 6.30. The monoisotopic (exact) mass is 212 g/mol. The Morgan fingerprint density at radius 2 is 1.87 bits per heavy atom. The largest absolute Gasteiger partial charge is 0.367 e. The van der Waals surface area contributed by atoms with E-state index >= 15 is 0 Å². The first kappa shape index (κ1) is 12.7. The fourth-order valence-electron chi connectivity index (χ4n) is 2.41. The number of Topliss-reactive ketones (excluding diaryl/α,β-unsaturated/α-hetero) is 1. The lowest BCUT2D eigenvalue weighted by Gasteiger charge is -2.37. The second-order valence-electron chi connectivity index (χ2n) is 4.92. The van der Waals surface area contributed by atoms with Gasteiger partial charge in [-0.2, -0.15) is 0 Å². The van der Waals surface area contributed by atoms with Crippen molar-refractivity contribution in [3.8, 4) is 0 Å². The minimum Gasteiger partial charge on any atom is -0.367 e. The third-order valence-electron chi connectivity index (χ3n) is 3.22. The smallest absolute Gasteiger partial charge is 0.167 e. The van der Waals surface area contributed by atoms with Crippen LogP contribution < -0.4 is 0 Å². The molecule has 0 aromatic rings. The highest BCUT2D eigenvalue weighted by atomic mass is 16.5. The van der Waals surface area contributed by atoms with E-state index in [1.165, 1.54) is 6.42 Å². The average Bonchev–Trinajstić information content (AvgIpc) is 2.26. The molecule has 0 aromatic carbocycles. The van der Waals surface area contributed by atoms with E-state index in [2.05, 4.69) is 6.92 Å². The van der Waals surface area contributed by atoms with Crippen molar-refractivity contribution in [2.24, 2.45) is 5.92 Å². The van der Waals surface area contributed by atoms with Gasteiger partial charge >= 0.3 is 0 Å². The van der Waals surface area contributed by atoms with Crippen LogP contribution in [0.15, 0.2) is 0 Å². The molecule has 0 aliphatic heterocycles. The zero-order chi connectivity index (χ0) is 11.3. The fraction of sp³-hybridized carbons (Fsp3) is 0.923. The summed E-state index contributed by atoms with van der Waals surface area (Å²) in [4.78, 5) is 12.2. The molecule has 2 nitrogen and oxygen atoms in total. The lowest BCUT2D eigenvalue weighted by molar-refractivity contribution is -0.153. The number of carbonyl (C=O) groups is 1. The molecule has 0 amide bonds. The van der Waals surface area contributed by atoms with Crippen molar-refractivity contribution in [1.29, 1.82) is 0 Å². The Morgan fingerprint density at radius 3 is 2.33 bits per heavy atom. The maximum Gasteiger partial charge on any atom is 0.167 e. The van der Waals surface area contributed by atoms with E-state index < -0.39 is 5.60 Å². The van der Waals surface area contributed by atoms with E-state index in [1.807, 2.05) is 13.8 Å². The molecule has 1 aliphatic carbocycles. The van der Waals surface area contributed by atoms with E-state index in [-0.39, 0.29) is 5.92 Å². The third kappa shape index (κ3) is 3.04. The summed E-state index contributed by atoms with van der Waals surface area (Å²) >= 11 is 0. The van der Waals surface area contributed by atoms with Crippen molar-refractivity contribution in [1.82, 2.24) is 0 Å². The normalized spacial score (nSPS) is 20.5. The zero-order valence-electron chi connectivity index (χ0n) is 10.3. The molecule has 0 bridgehead atoms. The highest BCUT2D eigenvalue weighted by Crippen LogP contribution is 2.34. The van der Waals surface area contributed by atoms with E-state index in [0.29, 0.717) is 5.78 Å². The Kier molecular flexibility index (Phi) is 4.78. The Labute approximate surface area is 93.4 Å². The topological polar surface area (TPSA) is 26.3 Å². The molecule has 1 rings (SSSR count). The lowest BCUT2D eigenvalue weighted by Crippen LogP contribution is -2.45. The summed E-state index contributed by atoms with van der Waals surface area (Å²) in [5, 5.41) is 0. The van der Waals surface area contributed by atoms with Gasteiger partial charge in [0.2, 0.25) is 0 Å². The molecular weight excluding hydrogens is 188 g/mol. The molecule has 0 atom stereocenters. The number of rotatable bonds is 5. The van der Waals surface area contributed by atoms with Crippen LogP contribution in [0.5, 0.6) is 0 Å². The van der Waals surface area contributed by atoms with Crippen molar-refractivity contribution in [3.63, 3.8) is 0 Å². The number of hydrogen-bond acceptors (Lipinski definition) is 2. The van der Waals surface area contributed by atoms with Gasteiger partial charge in [0.25, 0.3) is 0 Å². The van der Waals surface area contributed by atoms with Crippen LogP contribution in [-0.4, -0.2) is 18.0 Å². The van der Waals surface area contributed by atoms with Crippen molar-refractivity contribution >= 4 is 5.78 Å². The fourth-order valence-corrected chi connectivity index (χ4v) is 2.41. The first-order valence-corrected chi connectivity index (χ1v) is 6.30. The predicted molar refractivity (Wildman–Crippen MR) is 61.9 cm³/mol. The lowest BCUT2D eigenvalue weighted by atomic mass is 9.78. The van der Waals surface area contributed by atoms with Gasteiger partial charge in [0, 0.05) is 12.5 Å². The molecule has 0 N–H and O–H groups in total. The van der Waals surface area contributed by atoms with Crippen LogP contribution in [0, 0.1) is 5.92 Å². The summed E-state index contributed by atoms with van der Waals surface area (Å²) in [6, 6.07) is 0. The van der Waals surface area contributed by atoms with E-state index in [1.54, 1.807) is 0 Å². The van der Waals surface area contributed by atoms with Crippen LogP contribution in [0.1, 0.15) is 59.3 Å². The number of hydrogen-bond donors (Lipinski definition) is 0. The summed E-state index contributed by atoms with van der Waals surface area (Å²) in [6.07, 6.45) is 6.40. The van der Waals surface area contributed by atoms with Gasteiger partial charge in [-0.1, -0.05) is 40.0 Å². The molecule has 0 heterocycles. The standard InChI is InChI=1S/C13H24O2/c1-4-10-15-13(12(14)11(2)3)8-6-5-7-9-13/h11H,4-10H2,1-3H3. The maximum absolute atomic E-state index is 12.2. The summed E-state index contributed by atoms with van der Waals surface area (Å²) in [7, 11) is 0. The molecule has 2 heteroatoms. The summed E-state index contributed by atoms with van der Waals surface area (Å²) in [5.41, 5.74) is -0.428. The number of carbonyl (C=O) groups excluding carboxylic acids is 1. The molecular formula is C13H24O2.